The van der Waals surface area contributed by atoms with Crippen LogP contribution in [0.3, 0.4) is 0 Å². The fourth-order valence-corrected chi connectivity index (χ4v) is 3.06. The van der Waals surface area contributed by atoms with Crippen LogP contribution in [0, 0.1) is 6.92 Å². The van der Waals surface area contributed by atoms with Crippen molar-refractivity contribution in [3.63, 3.8) is 0 Å². The number of aryl methyl sites for hydroxylation is 1. The summed E-state index contributed by atoms with van der Waals surface area (Å²) in [4.78, 5) is 25.4. The Hall–Kier alpha value is -2.30. The highest BCUT2D eigenvalue weighted by atomic mass is 16.2. The number of para-hydroxylation sites is 1. The van der Waals surface area contributed by atoms with Gasteiger partial charge in [0.1, 0.15) is 6.04 Å². The number of rotatable bonds is 2. The number of piperazine rings is 1. The minimum absolute atomic E-state index is 0.0260. The molecule has 5 nitrogen and oxygen atoms in total. The maximum atomic E-state index is 12.2. The first kappa shape index (κ1) is 13.7. The Kier molecular flexibility index (Phi) is 3.20. The number of hydrogen-bond acceptors (Lipinski definition) is 2. The lowest BCUT2D eigenvalue weighted by molar-refractivity contribution is -0.142. The zero-order valence-electron chi connectivity index (χ0n) is 12.5. The van der Waals surface area contributed by atoms with Crippen LogP contribution < -0.4 is 5.32 Å². The molecule has 0 saturated carbocycles. The minimum Gasteiger partial charge on any atom is -0.348 e. The molecular weight excluding hydrogens is 266 g/mol. The number of nitrogens with zero attached hydrogens (tertiary/aromatic N) is 2. The summed E-state index contributed by atoms with van der Waals surface area (Å²) in [6.45, 7) is 2.19. The molecule has 1 aliphatic rings. The third kappa shape index (κ3) is 2.18. The van der Waals surface area contributed by atoms with Gasteiger partial charge in [-0.05, 0) is 18.6 Å². The van der Waals surface area contributed by atoms with Gasteiger partial charge in [-0.15, -0.1) is 0 Å². The molecule has 21 heavy (non-hydrogen) atoms. The molecule has 2 heterocycles. The van der Waals surface area contributed by atoms with Gasteiger partial charge in [-0.1, -0.05) is 18.2 Å². The van der Waals surface area contributed by atoms with Crippen LogP contribution in [0.1, 0.15) is 11.3 Å². The molecule has 2 amide bonds. The number of aromatic nitrogens is 1. The molecular formula is C16H19N3O2. The number of amides is 2. The first-order valence-corrected chi connectivity index (χ1v) is 7.06. The quantitative estimate of drug-likeness (QED) is 0.894. The number of carbonyl (C=O) groups is 2. The summed E-state index contributed by atoms with van der Waals surface area (Å²) in [5, 5.41) is 3.95. The summed E-state index contributed by atoms with van der Waals surface area (Å²) >= 11 is 0. The molecule has 3 rings (SSSR count). The van der Waals surface area contributed by atoms with Crippen LogP contribution in [0.5, 0.6) is 0 Å². The van der Waals surface area contributed by atoms with Crippen LogP contribution in [-0.2, 0) is 23.1 Å². The number of likely N-dealkylation sites (N-methyl/N-ethyl adjacent to an activating group) is 1. The number of carbonyl (C=O) groups excluding carboxylic acids is 2. The Bertz CT molecular complexity index is 732. The van der Waals surface area contributed by atoms with Gasteiger partial charge < -0.3 is 14.8 Å². The molecule has 0 radical (unpaired) electrons. The monoisotopic (exact) mass is 285 g/mol. The van der Waals surface area contributed by atoms with E-state index in [9.17, 15) is 9.59 Å². The highest BCUT2D eigenvalue weighted by Gasteiger charge is 2.31. The van der Waals surface area contributed by atoms with Crippen LogP contribution in [0.4, 0.5) is 0 Å². The Labute approximate surface area is 123 Å². The molecule has 1 aromatic heterocycles. The first-order valence-electron chi connectivity index (χ1n) is 7.06. The number of hydrogen-bond donors (Lipinski definition) is 1. The van der Waals surface area contributed by atoms with Crippen molar-refractivity contribution in [1.29, 1.82) is 0 Å². The Morgan fingerprint density at radius 1 is 1.24 bits per heavy atom. The van der Waals surface area contributed by atoms with E-state index in [1.165, 1.54) is 4.90 Å². The van der Waals surface area contributed by atoms with E-state index in [0.29, 0.717) is 6.42 Å². The summed E-state index contributed by atoms with van der Waals surface area (Å²) in [6, 6.07) is 7.67. The summed E-state index contributed by atoms with van der Waals surface area (Å²) in [6.07, 6.45) is 0.530. The lowest BCUT2D eigenvalue weighted by atomic mass is 10.0. The van der Waals surface area contributed by atoms with Gasteiger partial charge in [-0.25, -0.2) is 0 Å². The normalized spacial score (nSPS) is 19.2. The van der Waals surface area contributed by atoms with E-state index < -0.39 is 6.04 Å². The lowest BCUT2D eigenvalue weighted by Gasteiger charge is -2.29. The molecule has 110 valence electrons. The van der Waals surface area contributed by atoms with Crippen molar-refractivity contribution < 1.29 is 9.59 Å². The van der Waals surface area contributed by atoms with E-state index in [2.05, 4.69) is 22.0 Å². The average molecular weight is 285 g/mol. The minimum atomic E-state index is -0.472. The standard InChI is InChI=1S/C16H19N3O2/c1-10-12(11-6-4-5-7-14(11)19(10)3)8-13-16(21)18(2)9-15(20)17-13/h4-7,13H,8-9H2,1-3H3,(H,17,20)/t13-/m0/s1. The fraction of sp³-hybridized carbons (Fsp3) is 0.375. The van der Waals surface area contributed by atoms with E-state index in [0.717, 1.165) is 22.2 Å². The Morgan fingerprint density at radius 3 is 2.71 bits per heavy atom. The van der Waals surface area contributed by atoms with Gasteiger partial charge in [0, 0.05) is 37.1 Å². The highest BCUT2D eigenvalue weighted by molar-refractivity contribution is 5.95. The molecule has 0 spiro atoms. The molecule has 0 bridgehead atoms. The smallest absolute Gasteiger partial charge is 0.245 e. The third-order valence-electron chi connectivity index (χ3n) is 4.33. The molecule has 1 aliphatic heterocycles. The van der Waals surface area contributed by atoms with Gasteiger partial charge in [-0.2, -0.15) is 0 Å². The fourth-order valence-electron chi connectivity index (χ4n) is 3.06. The second kappa shape index (κ2) is 4.91. The van der Waals surface area contributed by atoms with E-state index in [-0.39, 0.29) is 18.4 Å². The van der Waals surface area contributed by atoms with Crippen LogP contribution in [0.25, 0.3) is 10.9 Å². The summed E-state index contributed by atoms with van der Waals surface area (Å²) in [5.74, 6) is -0.123. The molecule has 1 aromatic carbocycles. The van der Waals surface area contributed by atoms with Gasteiger partial charge in [0.25, 0.3) is 0 Å². The van der Waals surface area contributed by atoms with Crippen molar-refractivity contribution in [3.05, 3.63) is 35.5 Å². The van der Waals surface area contributed by atoms with Gasteiger partial charge in [0.05, 0.1) is 6.54 Å². The van der Waals surface area contributed by atoms with Crippen molar-refractivity contribution in [2.24, 2.45) is 7.05 Å². The van der Waals surface area contributed by atoms with E-state index in [1.807, 2.05) is 26.1 Å². The van der Waals surface area contributed by atoms with Gasteiger partial charge in [-0.3, -0.25) is 9.59 Å². The molecule has 1 N–H and O–H groups in total. The van der Waals surface area contributed by atoms with Crippen molar-refractivity contribution in [1.82, 2.24) is 14.8 Å². The number of nitrogens with one attached hydrogen (secondary N) is 1. The molecule has 5 heteroatoms. The molecule has 1 atom stereocenters. The van der Waals surface area contributed by atoms with E-state index in [4.69, 9.17) is 0 Å². The van der Waals surface area contributed by atoms with Crippen LogP contribution in [0.15, 0.2) is 24.3 Å². The second-order valence-electron chi connectivity index (χ2n) is 5.66. The highest BCUT2D eigenvalue weighted by Crippen LogP contribution is 2.26. The van der Waals surface area contributed by atoms with Crippen LogP contribution in [-0.4, -0.2) is 40.9 Å². The third-order valence-corrected chi connectivity index (χ3v) is 4.33. The lowest BCUT2D eigenvalue weighted by Crippen LogP contribution is -2.57. The van der Waals surface area contributed by atoms with E-state index in [1.54, 1.807) is 7.05 Å². The maximum absolute atomic E-state index is 12.2. The van der Waals surface area contributed by atoms with Crippen LogP contribution >= 0.6 is 0 Å². The predicted molar refractivity (Wildman–Crippen MR) is 80.9 cm³/mol. The number of fused-ring (bicyclic) bond motifs is 1. The van der Waals surface area contributed by atoms with Gasteiger partial charge >= 0.3 is 0 Å². The predicted octanol–water partition coefficient (Wildman–Crippen LogP) is 0.986. The zero-order chi connectivity index (χ0) is 15.1. The molecule has 2 aromatic rings. The summed E-state index contributed by atoms with van der Waals surface area (Å²) in [5.41, 5.74) is 3.40. The Balaban J connectivity index is 2.00. The molecule has 0 unspecified atom stereocenters. The molecule has 1 fully saturated rings. The largest absolute Gasteiger partial charge is 0.348 e. The maximum Gasteiger partial charge on any atom is 0.245 e. The topological polar surface area (TPSA) is 54.3 Å². The average Bonchev–Trinajstić information content (AvgIpc) is 2.70. The van der Waals surface area contributed by atoms with Crippen molar-refractivity contribution in [3.8, 4) is 0 Å². The van der Waals surface area contributed by atoms with E-state index >= 15 is 0 Å². The van der Waals surface area contributed by atoms with Crippen molar-refractivity contribution in [2.45, 2.75) is 19.4 Å². The molecule has 0 aliphatic carbocycles. The summed E-state index contributed by atoms with van der Waals surface area (Å²) < 4.78 is 2.13. The first-order chi connectivity index (χ1) is 9.99. The Morgan fingerprint density at radius 2 is 1.95 bits per heavy atom. The summed E-state index contributed by atoms with van der Waals surface area (Å²) in [7, 11) is 3.69. The van der Waals surface area contributed by atoms with Crippen molar-refractivity contribution in [2.75, 3.05) is 13.6 Å². The number of benzene rings is 1. The SMILES string of the molecule is Cc1c(C[C@@H]2NC(=O)CN(C)C2=O)c2ccccc2n1C. The van der Waals surface area contributed by atoms with Crippen LogP contribution in [0.2, 0.25) is 0 Å². The van der Waals surface area contributed by atoms with Crippen molar-refractivity contribution >= 4 is 22.7 Å². The van der Waals surface area contributed by atoms with Gasteiger partial charge in [0.15, 0.2) is 0 Å². The van der Waals surface area contributed by atoms with Gasteiger partial charge in [0.2, 0.25) is 11.8 Å². The second-order valence-corrected chi connectivity index (χ2v) is 5.66. The molecule has 1 saturated heterocycles. The zero-order valence-corrected chi connectivity index (χ0v) is 12.5.